The number of anilines is 1. The number of hydrogen-bond acceptors (Lipinski definition) is 6. The van der Waals surface area contributed by atoms with Gasteiger partial charge in [0.05, 0.1) is 12.6 Å². The molecule has 0 aliphatic carbocycles. The van der Waals surface area contributed by atoms with Gasteiger partial charge >= 0.3 is 0 Å². The predicted molar refractivity (Wildman–Crippen MR) is 108 cm³/mol. The van der Waals surface area contributed by atoms with Crippen LogP contribution in [0.5, 0.6) is 0 Å². The summed E-state index contributed by atoms with van der Waals surface area (Å²) in [6, 6.07) is 9.77. The first kappa shape index (κ1) is 19.8. The van der Waals surface area contributed by atoms with Gasteiger partial charge in [-0.05, 0) is 44.9 Å². The van der Waals surface area contributed by atoms with E-state index >= 15 is 0 Å². The van der Waals surface area contributed by atoms with Crippen LogP contribution in [0.2, 0.25) is 0 Å². The molecule has 1 aliphatic rings. The highest BCUT2D eigenvalue weighted by atomic mass is 16.2. The molecule has 7 nitrogen and oxygen atoms in total. The van der Waals surface area contributed by atoms with Crippen LogP contribution < -0.4 is 10.6 Å². The molecule has 1 amide bonds. The van der Waals surface area contributed by atoms with Gasteiger partial charge in [0.1, 0.15) is 11.9 Å². The first-order chi connectivity index (χ1) is 13.5. The highest BCUT2D eigenvalue weighted by Crippen LogP contribution is 2.19. The molecule has 28 heavy (non-hydrogen) atoms. The minimum Gasteiger partial charge on any atom is -0.368 e. The Bertz CT molecular complexity index is 828. The molecular weight excluding hydrogens is 352 g/mol. The van der Waals surface area contributed by atoms with Gasteiger partial charge in [0.15, 0.2) is 0 Å². The van der Waals surface area contributed by atoms with Crippen molar-refractivity contribution in [3.8, 4) is 17.2 Å². The van der Waals surface area contributed by atoms with E-state index in [1.54, 1.807) is 11.1 Å². The predicted octanol–water partition coefficient (Wildman–Crippen LogP) is 2.44. The number of amides is 1. The van der Waals surface area contributed by atoms with Crippen molar-refractivity contribution in [1.29, 1.82) is 5.26 Å². The van der Waals surface area contributed by atoms with E-state index in [2.05, 4.69) is 26.7 Å². The number of likely N-dealkylation sites (tertiary alicyclic amines) is 1. The molecule has 146 valence electrons. The number of hydrogen-bond donors (Lipinski definition) is 2. The molecular formula is C21H26N6O. The molecule has 0 unspecified atom stereocenters. The van der Waals surface area contributed by atoms with Crippen LogP contribution in [-0.2, 0) is 4.79 Å². The average Bonchev–Trinajstić information content (AvgIpc) is 3.21. The fraction of sp³-hybridized carbons (Fsp3) is 0.429. The topological polar surface area (TPSA) is 93.9 Å². The van der Waals surface area contributed by atoms with Gasteiger partial charge < -0.3 is 15.5 Å². The lowest BCUT2D eigenvalue weighted by molar-refractivity contribution is -0.130. The van der Waals surface area contributed by atoms with Gasteiger partial charge in [-0.15, -0.1) is 0 Å². The zero-order valence-electron chi connectivity index (χ0n) is 16.4. The molecule has 0 saturated carbocycles. The van der Waals surface area contributed by atoms with Gasteiger partial charge in [-0.1, -0.05) is 6.07 Å². The van der Waals surface area contributed by atoms with Crippen molar-refractivity contribution in [2.75, 3.05) is 25.0 Å². The van der Waals surface area contributed by atoms with E-state index in [9.17, 15) is 4.79 Å². The lowest BCUT2D eigenvalue weighted by Gasteiger charge is -2.28. The summed E-state index contributed by atoms with van der Waals surface area (Å²) < 4.78 is 0. The summed E-state index contributed by atoms with van der Waals surface area (Å²) in [5, 5.41) is 15.7. The molecule has 0 radical (unpaired) electrons. The number of carbonyl (C=O) groups is 1. The van der Waals surface area contributed by atoms with Crippen LogP contribution in [0, 0.1) is 11.3 Å². The number of rotatable bonds is 7. The van der Waals surface area contributed by atoms with Crippen LogP contribution in [-0.4, -0.2) is 52.0 Å². The first-order valence-electron chi connectivity index (χ1n) is 9.53. The maximum Gasteiger partial charge on any atom is 0.237 e. The minimum absolute atomic E-state index is 0.0175. The van der Waals surface area contributed by atoms with E-state index in [-0.39, 0.29) is 24.0 Å². The minimum atomic E-state index is -0.304. The summed E-state index contributed by atoms with van der Waals surface area (Å²) in [5.41, 5.74) is 1.74. The van der Waals surface area contributed by atoms with Gasteiger partial charge in [0.2, 0.25) is 5.91 Å². The van der Waals surface area contributed by atoms with Crippen molar-refractivity contribution in [2.24, 2.45) is 0 Å². The second-order valence-corrected chi connectivity index (χ2v) is 7.64. The second kappa shape index (κ2) is 8.81. The van der Waals surface area contributed by atoms with Gasteiger partial charge in [-0.25, -0.2) is 4.98 Å². The highest BCUT2D eigenvalue weighted by molar-refractivity contribution is 5.79. The van der Waals surface area contributed by atoms with Crippen molar-refractivity contribution in [2.45, 2.75) is 38.3 Å². The van der Waals surface area contributed by atoms with Crippen molar-refractivity contribution in [1.82, 2.24) is 20.2 Å². The summed E-state index contributed by atoms with van der Waals surface area (Å²) in [7, 11) is 0. The third-order valence-electron chi connectivity index (χ3n) is 4.91. The molecule has 3 rings (SSSR count). The molecule has 3 heterocycles. The monoisotopic (exact) mass is 378 g/mol. The lowest BCUT2D eigenvalue weighted by Crippen LogP contribution is -2.50. The Morgan fingerprint density at radius 1 is 1.32 bits per heavy atom. The molecule has 0 spiro atoms. The Morgan fingerprint density at radius 2 is 2.14 bits per heavy atom. The maximum absolute atomic E-state index is 12.4. The van der Waals surface area contributed by atoms with E-state index in [1.165, 1.54) is 0 Å². The Kier molecular flexibility index (Phi) is 6.22. The zero-order valence-corrected chi connectivity index (χ0v) is 16.4. The first-order valence-corrected chi connectivity index (χ1v) is 9.53. The Labute approximate surface area is 165 Å². The largest absolute Gasteiger partial charge is 0.368 e. The van der Waals surface area contributed by atoms with Gasteiger partial charge in [0.25, 0.3) is 0 Å². The molecule has 1 aliphatic heterocycles. The fourth-order valence-electron chi connectivity index (χ4n) is 3.19. The molecule has 0 bridgehead atoms. The maximum atomic E-state index is 12.4. The smallest absolute Gasteiger partial charge is 0.237 e. The third kappa shape index (κ3) is 5.05. The van der Waals surface area contributed by atoms with Crippen LogP contribution in [0.15, 0.2) is 42.9 Å². The van der Waals surface area contributed by atoms with Crippen molar-refractivity contribution in [3.05, 3.63) is 42.9 Å². The Morgan fingerprint density at radius 3 is 2.82 bits per heavy atom. The van der Waals surface area contributed by atoms with Crippen LogP contribution in [0.4, 0.5) is 5.82 Å². The quantitative estimate of drug-likeness (QED) is 0.769. The summed E-state index contributed by atoms with van der Waals surface area (Å²) in [5.74, 6) is 0.758. The van der Waals surface area contributed by atoms with Crippen molar-refractivity contribution >= 4 is 11.7 Å². The number of nitriles is 1. The van der Waals surface area contributed by atoms with Crippen LogP contribution in [0.25, 0.3) is 11.1 Å². The molecule has 0 aromatic carbocycles. The van der Waals surface area contributed by atoms with Gasteiger partial charge in [0, 0.05) is 48.3 Å². The van der Waals surface area contributed by atoms with E-state index in [1.807, 2.05) is 50.5 Å². The lowest BCUT2D eigenvalue weighted by atomic mass is 10.1. The summed E-state index contributed by atoms with van der Waals surface area (Å²) in [6.45, 7) is 5.57. The molecule has 7 heteroatoms. The SMILES string of the molecule is CC(C)(CNc1ccc(-c2cccnc2)cn1)NCC(=O)N1CCC[C@H]1C#N. The average molecular weight is 378 g/mol. The van der Waals surface area contributed by atoms with Crippen LogP contribution in [0.1, 0.15) is 26.7 Å². The standard InChI is InChI=1S/C21H26N6O/c1-21(2,26-14-20(28)27-10-4-6-18(27)11-22)15-25-19-8-7-17(13-24-19)16-5-3-9-23-12-16/h3,5,7-9,12-13,18,26H,4,6,10,14-15H2,1-2H3,(H,24,25)/t18-/m0/s1. The highest BCUT2D eigenvalue weighted by Gasteiger charge is 2.29. The molecule has 1 fully saturated rings. The summed E-state index contributed by atoms with van der Waals surface area (Å²) in [6.07, 6.45) is 7.05. The Balaban J connectivity index is 1.49. The van der Waals surface area contributed by atoms with Gasteiger partial charge in [-0.3, -0.25) is 9.78 Å². The second-order valence-electron chi connectivity index (χ2n) is 7.64. The number of pyridine rings is 2. The van der Waals surface area contributed by atoms with E-state index in [4.69, 9.17) is 5.26 Å². The number of nitrogens with one attached hydrogen (secondary N) is 2. The molecule has 1 saturated heterocycles. The molecule has 2 aromatic rings. The molecule has 2 N–H and O–H groups in total. The number of nitrogens with zero attached hydrogens (tertiary/aromatic N) is 4. The Hall–Kier alpha value is -2.98. The number of carbonyl (C=O) groups excluding carboxylic acids is 1. The van der Waals surface area contributed by atoms with E-state index < -0.39 is 0 Å². The fourth-order valence-corrected chi connectivity index (χ4v) is 3.19. The van der Waals surface area contributed by atoms with E-state index in [0.717, 1.165) is 29.8 Å². The summed E-state index contributed by atoms with van der Waals surface area (Å²) >= 11 is 0. The number of aromatic nitrogens is 2. The summed E-state index contributed by atoms with van der Waals surface area (Å²) in [4.78, 5) is 22.6. The van der Waals surface area contributed by atoms with Crippen LogP contribution >= 0.6 is 0 Å². The van der Waals surface area contributed by atoms with Crippen molar-refractivity contribution < 1.29 is 4.79 Å². The van der Waals surface area contributed by atoms with Crippen molar-refractivity contribution in [3.63, 3.8) is 0 Å². The normalized spacial score (nSPS) is 16.6. The van der Waals surface area contributed by atoms with E-state index in [0.29, 0.717) is 13.1 Å². The van der Waals surface area contributed by atoms with Crippen LogP contribution in [0.3, 0.4) is 0 Å². The molecule has 2 aromatic heterocycles. The third-order valence-corrected chi connectivity index (χ3v) is 4.91. The van der Waals surface area contributed by atoms with Gasteiger partial charge in [-0.2, -0.15) is 5.26 Å². The molecule has 1 atom stereocenters. The zero-order chi connectivity index (χ0) is 20.0.